The molecule has 0 saturated heterocycles. The molecule has 5 nitrogen and oxygen atoms in total. The highest BCUT2D eigenvalue weighted by molar-refractivity contribution is 5.67. The highest BCUT2D eigenvalue weighted by Crippen LogP contribution is 2.39. The zero-order chi connectivity index (χ0) is 17.4. The molecule has 6 heteroatoms. The van der Waals surface area contributed by atoms with E-state index in [1.54, 1.807) is 12.1 Å². The van der Waals surface area contributed by atoms with Gasteiger partial charge in [-0.2, -0.15) is 9.49 Å². The van der Waals surface area contributed by atoms with Gasteiger partial charge >= 0.3 is 0 Å². The maximum absolute atomic E-state index is 14.6. The van der Waals surface area contributed by atoms with Gasteiger partial charge in [0.05, 0.1) is 11.7 Å². The summed E-state index contributed by atoms with van der Waals surface area (Å²) in [7, 11) is 0. The first kappa shape index (κ1) is 16.7. The Morgan fingerprint density at radius 3 is 2.67 bits per heavy atom. The maximum Gasteiger partial charge on any atom is 0.224 e. The standard InChI is InChI=1S/C18H25FN4O/c1-10(2)15-16(22-23-9-8-12(5)24-18(15)23)13-6-7-14(20-11(3)4)21-17(13)19/h6-7,10-12H,8-9H2,1-5H3,(H,20,21)/t12-/m1/s1. The van der Waals surface area contributed by atoms with Gasteiger partial charge in [-0.05, 0) is 38.8 Å². The van der Waals surface area contributed by atoms with Gasteiger partial charge in [0, 0.05) is 24.6 Å². The Morgan fingerprint density at radius 1 is 1.29 bits per heavy atom. The van der Waals surface area contributed by atoms with Crippen LogP contribution < -0.4 is 10.1 Å². The van der Waals surface area contributed by atoms with Gasteiger partial charge in [-0.25, -0.2) is 9.67 Å². The van der Waals surface area contributed by atoms with Crippen molar-refractivity contribution in [2.75, 3.05) is 5.32 Å². The summed E-state index contributed by atoms with van der Waals surface area (Å²) in [5.41, 5.74) is 2.01. The van der Waals surface area contributed by atoms with E-state index in [0.717, 1.165) is 24.4 Å². The van der Waals surface area contributed by atoms with E-state index in [2.05, 4.69) is 36.2 Å². The third-order valence-corrected chi connectivity index (χ3v) is 4.12. The highest BCUT2D eigenvalue weighted by atomic mass is 19.1. The van der Waals surface area contributed by atoms with Crippen molar-refractivity contribution in [3.8, 4) is 17.1 Å². The molecule has 0 unspecified atom stereocenters. The summed E-state index contributed by atoms with van der Waals surface area (Å²) in [6.07, 6.45) is 1.06. The van der Waals surface area contributed by atoms with Crippen LogP contribution in [0.4, 0.5) is 10.2 Å². The van der Waals surface area contributed by atoms with E-state index in [1.807, 2.05) is 18.5 Å². The third-order valence-electron chi connectivity index (χ3n) is 4.12. The minimum Gasteiger partial charge on any atom is -0.475 e. The first-order valence-corrected chi connectivity index (χ1v) is 8.57. The van der Waals surface area contributed by atoms with Gasteiger partial charge in [0.15, 0.2) is 0 Å². The number of anilines is 1. The largest absolute Gasteiger partial charge is 0.475 e. The number of nitrogens with zero attached hydrogens (tertiary/aromatic N) is 3. The number of nitrogens with one attached hydrogen (secondary N) is 1. The predicted molar refractivity (Wildman–Crippen MR) is 93.0 cm³/mol. The third kappa shape index (κ3) is 3.09. The second kappa shape index (κ2) is 6.42. The lowest BCUT2D eigenvalue weighted by atomic mass is 9.99. The molecule has 0 fully saturated rings. The van der Waals surface area contributed by atoms with Crippen LogP contribution in [0.5, 0.6) is 5.88 Å². The minimum atomic E-state index is -0.508. The van der Waals surface area contributed by atoms with Crippen molar-refractivity contribution >= 4 is 5.82 Å². The number of pyridine rings is 1. The fraction of sp³-hybridized carbons (Fsp3) is 0.556. The fourth-order valence-corrected chi connectivity index (χ4v) is 3.00. The smallest absolute Gasteiger partial charge is 0.224 e. The summed E-state index contributed by atoms with van der Waals surface area (Å²) < 4.78 is 22.5. The first-order valence-electron chi connectivity index (χ1n) is 8.57. The van der Waals surface area contributed by atoms with Gasteiger partial charge < -0.3 is 10.1 Å². The maximum atomic E-state index is 14.6. The van der Waals surface area contributed by atoms with Gasteiger partial charge in [-0.1, -0.05) is 13.8 Å². The normalized spacial score (nSPS) is 17.1. The molecule has 0 amide bonds. The van der Waals surface area contributed by atoms with Gasteiger partial charge in [0.1, 0.15) is 11.5 Å². The molecule has 0 spiro atoms. The average Bonchev–Trinajstić information content (AvgIpc) is 2.84. The van der Waals surface area contributed by atoms with E-state index in [1.165, 1.54) is 0 Å². The molecule has 0 aromatic carbocycles. The number of halogens is 1. The van der Waals surface area contributed by atoms with Crippen LogP contribution in [0.15, 0.2) is 12.1 Å². The van der Waals surface area contributed by atoms with Crippen molar-refractivity contribution in [1.82, 2.24) is 14.8 Å². The molecule has 1 N–H and O–H groups in total. The number of aromatic nitrogens is 3. The lowest BCUT2D eigenvalue weighted by Gasteiger charge is -2.23. The van der Waals surface area contributed by atoms with E-state index < -0.39 is 5.95 Å². The van der Waals surface area contributed by atoms with Crippen LogP contribution in [0.3, 0.4) is 0 Å². The Labute approximate surface area is 142 Å². The molecule has 2 aromatic rings. The van der Waals surface area contributed by atoms with E-state index in [0.29, 0.717) is 17.1 Å². The van der Waals surface area contributed by atoms with Crippen LogP contribution in [0.25, 0.3) is 11.3 Å². The summed E-state index contributed by atoms with van der Waals surface area (Å²) in [4.78, 5) is 4.04. The molecule has 0 saturated carbocycles. The summed E-state index contributed by atoms with van der Waals surface area (Å²) in [6.45, 7) is 11.0. The lowest BCUT2D eigenvalue weighted by Crippen LogP contribution is -2.23. The fourth-order valence-electron chi connectivity index (χ4n) is 3.00. The average molecular weight is 332 g/mol. The Balaban J connectivity index is 2.06. The molecule has 0 bridgehead atoms. The molecule has 1 aliphatic rings. The van der Waals surface area contributed by atoms with E-state index in [-0.39, 0.29) is 18.1 Å². The van der Waals surface area contributed by atoms with Gasteiger partial charge in [0.25, 0.3) is 0 Å². The summed E-state index contributed by atoms with van der Waals surface area (Å²) in [5, 5.41) is 7.73. The number of hydrogen-bond acceptors (Lipinski definition) is 4. The van der Waals surface area contributed by atoms with Crippen LogP contribution in [-0.2, 0) is 6.54 Å². The summed E-state index contributed by atoms with van der Waals surface area (Å²) in [5.74, 6) is 0.974. The number of rotatable bonds is 4. The lowest BCUT2D eigenvalue weighted by molar-refractivity contribution is 0.147. The molecule has 0 radical (unpaired) electrons. The molecule has 3 heterocycles. The van der Waals surface area contributed by atoms with E-state index in [4.69, 9.17) is 4.74 Å². The first-order chi connectivity index (χ1) is 11.4. The van der Waals surface area contributed by atoms with Gasteiger partial charge in [0.2, 0.25) is 11.8 Å². The highest BCUT2D eigenvalue weighted by Gasteiger charge is 2.28. The Kier molecular flexibility index (Phi) is 4.47. The number of aryl methyl sites for hydroxylation is 1. The second-order valence-electron chi connectivity index (χ2n) is 7.00. The van der Waals surface area contributed by atoms with Crippen LogP contribution in [-0.4, -0.2) is 26.9 Å². The van der Waals surface area contributed by atoms with Crippen LogP contribution >= 0.6 is 0 Å². The van der Waals surface area contributed by atoms with E-state index >= 15 is 0 Å². The Hall–Kier alpha value is -2.11. The monoisotopic (exact) mass is 332 g/mol. The number of ether oxygens (including phenoxy) is 1. The van der Waals surface area contributed by atoms with Crippen molar-refractivity contribution < 1.29 is 9.13 Å². The molecule has 24 heavy (non-hydrogen) atoms. The molecule has 1 atom stereocenters. The van der Waals surface area contributed by atoms with Crippen LogP contribution in [0, 0.1) is 5.95 Å². The van der Waals surface area contributed by atoms with Crippen molar-refractivity contribution in [1.29, 1.82) is 0 Å². The van der Waals surface area contributed by atoms with Crippen LogP contribution in [0.2, 0.25) is 0 Å². The molecule has 2 aromatic heterocycles. The summed E-state index contributed by atoms with van der Waals surface area (Å²) in [6, 6.07) is 3.74. The quantitative estimate of drug-likeness (QED) is 0.853. The molecule has 1 aliphatic heterocycles. The topological polar surface area (TPSA) is 52.0 Å². The molecule has 0 aliphatic carbocycles. The molecule has 130 valence electrons. The summed E-state index contributed by atoms with van der Waals surface area (Å²) >= 11 is 0. The predicted octanol–water partition coefficient (Wildman–Crippen LogP) is 4.20. The van der Waals surface area contributed by atoms with Crippen molar-refractivity contribution in [2.24, 2.45) is 0 Å². The zero-order valence-electron chi connectivity index (χ0n) is 14.9. The molecular weight excluding hydrogens is 307 g/mol. The van der Waals surface area contributed by atoms with Gasteiger partial charge in [-0.15, -0.1) is 0 Å². The van der Waals surface area contributed by atoms with Crippen molar-refractivity contribution in [3.63, 3.8) is 0 Å². The van der Waals surface area contributed by atoms with Gasteiger partial charge in [-0.3, -0.25) is 0 Å². The number of fused-ring (bicyclic) bond motifs is 1. The molecule has 3 rings (SSSR count). The molecular formula is C18H25FN4O. The Bertz CT molecular complexity index is 739. The minimum absolute atomic E-state index is 0.153. The Morgan fingerprint density at radius 2 is 2.04 bits per heavy atom. The zero-order valence-corrected chi connectivity index (χ0v) is 14.9. The second-order valence-corrected chi connectivity index (χ2v) is 7.00. The van der Waals surface area contributed by atoms with Crippen molar-refractivity contribution in [2.45, 2.75) is 65.6 Å². The van der Waals surface area contributed by atoms with Crippen molar-refractivity contribution in [3.05, 3.63) is 23.6 Å². The SMILES string of the molecule is CC(C)Nc1ccc(-c2nn3c(c2C(C)C)O[C@H](C)CC3)c(F)n1. The van der Waals surface area contributed by atoms with E-state index in [9.17, 15) is 4.39 Å². The number of hydrogen-bond donors (Lipinski definition) is 1. The van der Waals surface area contributed by atoms with Crippen LogP contribution in [0.1, 0.15) is 52.5 Å².